The minimum Gasteiger partial charge on any atom is -0.449 e. The zero-order valence-electron chi connectivity index (χ0n) is 13.5. The number of esters is 1. The van der Waals surface area contributed by atoms with E-state index < -0.39 is 23.8 Å². The third-order valence-corrected chi connectivity index (χ3v) is 3.60. The molecule has 0 bridgehead atoms. The second-order valence-corrected chi connectivity index (χ2v) is 5.73. The molecule has 0 aliphatic rings. The van der Waals surface area contributed by atoms with Crippen LogP contribution in [0.5, 0.6) is 0 Å². The summed E-state index contributed by atoms with van der Waals surface area (Å²) in [7, 11) is 0. The van der Waals surface area contributed by atoms with E-state index in [1.54, 1.807) is 24.3 Å². The lowest BCUT2D eigenvalue weighted by Crippen LogP contribution is -2.30. The lowest BCUT2D eigenvalue weighted by atomic mass is 10.1. The summed E-state index contributed by atoms with van der Waals surface area (Å²) < 4.78 is 18.7. The molecule has 0 aliphatic heterocycles. The van der Waals surface area contributed by atoms with Crippen molar-refractivity contribution in [3.63, 3.8) is 0 Å². The number of amides is 1. The number of ether oxygens (including phenoxy) is 1. The molecule has 0 aliphatic carbocycles. The van der Waals surface area contributed by atoms with Gasteiger partial charge in [-0.3, -0.25) is 9.59 Å². The van der Waals surface area contributed by atoms with Crippen LogP contribution >= 0.6 is 11.6 Å². The number of anilines is 1. The Balaban J connectivity index is 1.99. The number of hydrogen-bond acceptors (Lipinski definition) is 4. The summed E-state index contributed by atoms with van der Waals surface area (Å²) in [6.07, 6.45) is -1.14. The largest absolute Gasteiger partial charge is 0.449 e. The molecule has 2 rings (SSSR count). The van der Waals surface area contributed by atoms with Crippen LogP contribution in [0.25, 0.3) is 0 Å². The van der Waals surface area contributed by atoms with Gasteiger partial charge in [-0.25, -0.2) is 9.18 Å². The summed E-state index contributed by atoms with van der Waals surface area (Å²) in [6.45, 7) is 2.80. The van der Waals surface area contributed by atoms with Gasteiger partial charge >= 0.3 is 5.97 Å². The Hall–Kier alpha value is -2.73. The molecule has 25 heavy (non-hydrogen) atoms. The molecule has 0 fully saturated rings. The fourth-order valence-electron chi connectivity index (χ4n) is 1.96. The lowest BCUT2D eigenvalue weighted by Gasteiger charge is -2.14. The molecule has 0 heterocycles. The Morgan fingerprint density at radius 2 is 1.76 bits per heavy atom. The predicted octanol–water partition coefficient (Wildman–Crippen LogP) is 3.87. The van der Waals surface area contributed by atoms with Gasteiger partial charge in [-0.05, 0) is 56.3 Å². The average molecular weight is 364 g/mol. The molecular formula is C18H15ClFNO4. The molecule has 0 spiro atoms. The number of carbonyl (C=O) groups is 3. The molecule has 2 aromatic carbocycles. The molecule has 0 saturated heterocycles. The van der Waals surface area contributed by atoms with E-state index in [9.17, 15) is 18.8 Å². The van der Waals surface area contributed by atoms with Crippen LogP contribution in [0, 0.1) is 5.82 Å². The first-order valence-electron chi connectivity index (χ1n) is 7.36. The van der Waals surface area contributed by atoms with Crippen molar-refractivity contribution < 1.29 is 23.5 Å². The van der Waals surface area contributed by atoms with Gasteiger partial charge in [-0.1, -0.05) is 11.6 Å². The third kappa shape index (κ3) is 4.87. The highest BCUT2D eigenvalue weighted by Crippen LogP contribution is 2.16. The summed E-state index contributed by atoms with van der Waals surface area (Å²) in [6, 6.07) is 9.77. The van der Waals surface area contributed by atoms with Crippen LogP contribution in [0.2, 0.25) is 5.02 Å². The maximum absolute atomic E-state index is 13.7. The fourth-order valence-corrected chi connectivity index (χ4v) is 2.12. The zero-order valence-corrected chi connectivity index (χ0v) is 14.3. The fraction of sp³-hybridized carbons (Fsp3) is 0.167. The van der Waals surface area contributed by atoms with Crippen molar-refractivity contribution in [2.45, 2.75) is 20.0 Å². The van der Waals surface area contributed by atoms with Gasteiger partial charge in [0.25, 0.3) is 5.91 Å². The molecule has 0 saturated carbocycles. The van der Waals surface area contributed by atoms with E-state index in [0.717, 1.165) is 6.07 Å². The molecule has 2 aromatic rings. The quantitative estimate of drug-likeness (QED) is 0.646. The van der Waals surface area contributed by atoms with E-state index in [1.807, 2.05) is 0 Å². The average Bonchev–Trinajstić information content (AvgIpc) is 2.55. The van der Waals surface area contributed by atoms with Gasteiger partial charge in [0.15, 0.2) is 11.9 Å². The Morgan fingerprint density at radius 1 is 1.12 bits per heavy atom. The van der Waals surface area contributed by atoms with Crippen LogP contribution in [0.3, 0.4) is 0 Å². The molecule has 1 N–H and O–H groups in total. The van der Waals surface area contributed by atoms with Crippen molar-refractivity contribution in [3.05, 3.63) is 64.4 Å². The molecule has 0 unspecified atom stereocenters. The minimum absolute atomic E-state index is 0.0924. The van der Waals surface area contributed by atoms with Crippen molar-refractivity contribution in [1.29, 1.82) is 0 Å². The summed E-state index contributed by atoms with van der Waals surface area (Å²) >= 11 is 5.62. The van der Waals surface area contributed by atoms with Gasteiger partial charge in [0.1, 0.15) is 5.82 Å². The Kier molecular flexibility index (Phi) is 5.88. The van der Waals surface area contributed by atoms with Crippen LogP contribution in [0.15, 0.2) is 42.5 Å². The number of carbonyl (C=O) groups excluding carboxylic acids is 3. The molecule has 130 valence electrons. The number of nitrogens with one attached hydrogen (secondary N) is 1. The number of hydrogen-bond donors (Lipinski definition) is 1. The smallest absolute Gasteiger partial charge is 0.341 e. The van der Waals surface area contributed by atoms with E-state index in [4.69, 9.17) is 16.3 Å². The van der Waals surface area contributed by atoms with Crippen LogP contribution in [-0.2, 0) is 9.53 Å². The van der Waals surface area contributed by atoms with E-state index in [2.05, 4.69) is 5.32 Å². The number of benzene rings is 2. The maximum Gasteiger partial charge on any atom is 0.341 e. The highest BCUT2D eigenvalue weighted by Gasteiger charge is 2.21. The van der Waals surface area contributed by atoms with Gasteiger partial charge in [0.05, 0.1) is 5.56 Å². The Labute approximate surface area is 148 Å². The number of rotatable bonds is 5. The van der Waals surface area contributed by atoms with Gasteiger partial charge in [0, 0.05) is 16.3 Å². The van der Waals surface area contributed by atoms with Crippen LogP contribution in [0.1, 0.15) is 34.6 Å². The predicted molar refractivity (Wildman–Crippen MR) is 91.4 cm³/mol. The van der Waals surface area contributed by atoms with E-state index in [1.165, 1.54) is 26.0 Å². The van der Waals surface area contributed by atoms with Crippen molar-refractivity contribution >= 4 is 34.9 Å². The normalized spacial score (nSPS) is 11.5. The second kappa shape index (κ2) is 7.90. The number of halogens is 2. The highest BCUT2D eigenvalue weighted by atomic mass is 35.5. The van der Waals surface area contributed by atoms with E-state index >= 15 is 0 Å². The van der Waals surface area contributed by atoms with Crippen LogP contribution in [0.4, 0.5) is 10.1 Å². The molecule has 0 aromatic heterocycles. The van der Waals surface area contributed by atoms with E-state index in [0.29, 0.717) is 11.3 Å². The Morgan fingerprint density at radius 3 is 2.32 bits per heavy atom. The zero-order chi connectivity index (χ0) is 18.6. The standard InChI is InChI=1S/C18H15ClFNO4/c1-10(22)12-3-6-14(7-4-12)21-17(23)11(2)25-18(24)15-8-5-13(19)9-16(15)20/h3-9,11H,1-2H3,(H,21,23)/t11-/m0/s1. The number of ketones is 1. The van der Waals surface area contributed by atoms with Crippen molar-refractivity contribution in [2.75, 3.05) is 5.32 Å². The second-order valence-electron chi connectivity index (χ2n) is 5.29. The lowest BCUT2D eigenvalue weighted by molar-refractivity contribution is -0.123. The Bertz CT molecular complexity index is 820. The van der Waals surface area contributed by atoms with Crippen LogP contribution < -0.4 is 5.32 Å². The van der Waals surface area contributed by atoms with Gasteiger partial charge in [0.2, 0.25) is 0 Å². The summed E-state index contributed by atoms with van der Waals surface area (Å²) in [5, 5.41) is 2.69. The first-order chi connectivity index (χ1) is 11.8. The highest BCUT2D eigenvalue weighted by molar-refractivity contribution is 6.30. The van der Waals surface area contributed by atoms with Crippen LogP contribution in [-0.4, -0.2) is 23.8 Å². The van der Waals surface area contributed by atoms with Crippen molar-refractivity contribution in [2.24, 2.45) is 0 Å². The topological polar surface area (TPSA) is 72.5 Å². The van der Waals surface area contributed by atoms with E-state index in [-0.39, 0.29) is 16.4 Å². The van der Waals surface area contributed by atoms with Crippen molar-refractivity contribution in [1.82, 2.24) is 0 Å². The van der Waals surface area contributed by atoms with Gasteiger partial charge in [-0.2, -0.15) is 0 Å². The summed E-state index contributed by atoms with van der Waals surface area (Å²) in [5.41, 5.74) is 0.640. The monoisotopic (exact) mass is 363 g/mol. The molecule has 1 amide bonds. The molecule has 7 heteroatoms. The molecular weight excluding hydrogens is 349 g/mol. The SMILES string of the molecule is CC(=O)c1ccc(NC(=O)[C@H](C)OC(=O)c2ccc(Cl)cc2F)cc1. The molecule has 1 atom stereocenters. The third-order valence-electron chi connectivity index (χ3n) is 3.36. The first kappa shape index (κ1) is 18.6. The first-order valence-corrected chi connectivity index (χ1v) is 7.73. The van der Waals surface area contributed by atoms with Gasteiger partial charge < -0.3 is 10.1 Å². The van der Waals surface area contributed by atoms with Crippen molar-refractivity contribution in [3.8, 4) is 0 Å². The molecule has 0 radical (unpaired) electrons. The maximum atomic E-state index is 13.7. The molecule has 5 nitrogen and oxygen atoms in total. The summed E-state index contributed by atoms with van der Waals surface area (Å²) in [4.78, 5) is 35.2. The minimum atomic E-state index is -1.14. The summed E-state index contributed by atoms with van der Waals surface area (Å²) in [5.74, 6) is -2.47. The van der Waals surface area contributed by atoms with Gasteiger partial charge in [-0.15, -0.1) is 0 Å². The number of Topliss-reactive ketones (excluding diaryl/α,β-unsaturated/α-hetero) is 1.